The Labute approximate surface area is 83.1 Å². The van der Waals surface area contributed by atoms with Crippen molar-refractivity contribution in [3.05, 3.63) is 12.2 Å². The lowest BCUT2D eigenvalue weighted by Crippen LogP contribution is -2.30. The molecule has 0 aliphatic carbocycles. The van der Waals surface area contributed by atoms with Gasteiger partial charge in [-0.05, 0) is 18.8 Å². The summed E-state index contributed by atoms with van der Waals surface area (Å²) in [6.45, 7) is 6.21. The molecule has 4 heteroatoms. The van der Waals surface area contributed by atoms with Crippen LogP contribution in [-0.4, -0.2) is 42.2 Å². The molecule has 0 amide bonds. The Morgan fingerprint density at radius 3 is 2.92 bits per heavy atom. The van der Waals surface area contributed by atoms with Gasteiger partial charge in [0.25, 0.3) is 0 Å². The second kappa shape index (κ2) is 4.46. The molecule has 2 unspecified atom stereocenters. The van der Waals surface area contributed by atoms with Crippen molar-refractivity contribution in [3.8, 4) is 0 Å². The van der Waals surface area contributed by atoms with E-state index in [1.54, 1.807) is 11.8 Å². The highest BCUT2D eigenvalue weighted by atomic mass is 32.2. The van der Waals surface area contributed by atoms with E-state index >= 15 is 0 Å². The molecule has 3 nitrogen and oxygen atoms in total. The van der Waals surface area contributed by atoms with Crippen LogP contribution in [-0.2, 0) is 9.47 Å². The first-order chi connectivity index (χ1) is 6.12. The van der Waals surface area contributed by atoms with Gasteiger partial charge in [0, 0.05) is 5.75 Å². The molecule has 1 heterocycles. The summed E-state index contributed by atoms with van der Waals surface area (Å²) in [7, 11) is 0. The highest BCUT2D eigenvalue weighted by Gasteiger charge is 2.38. The summed E-state index contributed by atoms with van der Waals surface area (Å²) >= 11 is 1.68. The zero-order chi connectivity index (χ0) is 9.90. The van der Waals surface area contributed by atoms with Crippen LogP contribution in [0, 0.1) is 0 Å². The van der Waals surface area contributed by atoms with Crippen molar-refractivity contribution in [2.45, 2.75) is 18.8 Å². The molecule has 1 fully saturated rings. The van der Waals surface area contributed by atoms with E-state index in [-0.39, 0.29) is 12.7 Å². The molecular formula is C9H16O3S. The summed E-state index contributed by atoms with van der Waals surface area (Å²) < 4.78 is 11.0. The SMILES string of the molecule is C=C(CSC)C1(C)OCC(CO)O1. The minimum Gasteiger partial charge on any atom is -0.394 e. The molecule has 1 aliphatic heterocycles. The average Bonchev–Trinajstić information content (AvgIpc) is 2.49. The Morgan fingerprint density at radius 2 is 2.46 bits per heavy atom. The van der Waals surface area contributed by atoms with Gasteiger partial charge in [-0.1, -0.05) is 6.58 Å². The summed E-state index contributed by atoms with van der Waals surface area (Å²) in [6.07, 6.45) is 1.80. The normalized spacial score (nSPS) is 33.6. The maximum Gasteiger partial charge on any atom is 0.189 e. The summed E-state index contributed by atoms with van der Waals surface area (Å²) in [6, 6.07) is 0. The van der Waals surface area contributed by atoms with E-state index in [0.717, 1.165) is 11.3 Å². The van der Waals surface area contributed by atoms with Gasteiger partial charge in [-0.2, -0.15) is 11.8 Å². The van der Waals surface area contributed by atoms with E-state index in [0.29, 0.717) is 6.61 Å². The molecule has 1 aliphatic rings. The van der Waals surface area contributed by atoms with Gasteiger partial charge in [0.2, 0.25) is 0 Å². The lowest BCUT2D eigenvalue weighted by Gasteiger charge is -2.25. The van der Waals surface area contributed by atoms with Crippen molar-refractivity contribution < 1.29 is 14.6 Å². The zero-order valence-electron chi connectivity index (χ0n) is 8.08. The minimum absolute atomic E-state index is 0.00212. The number of hydrogen-bond donors (Lipinski definition) is 1. The van der Waals surface area contributed by atoms with Gasteiger partial charge >= 0.3 is 0 Å². The zero-order valence-corrected chi connectivity index (χ0v) is 8.89. The molecule has 13 heavy (non-hydrogen) atoms. The Kier molecular flexibility index (Phi) is 3.79. The van der Waals surface area contributed by atoms with Crippen LogP contribution in [0.25, 0.3) is 0 Å². The van der Waals surface area contributed by atoms with Crippen LogP contribution < -0.4 is 0 Å². The van der Waals surface area contributed by atoms with E-state index in [9.17, 15) is 0 Å². The Bertz CT molecular complexity index is 195. The number of rotatable bonds is 4. The molecule has 0 radical (unpaired) electrons. The Morgan fingerprint density at radius 1 is 1.77 bits per heavy atom. The molecule has 0 spiro atoms. The second-order valence-corrected chi connectivity index (χ2v) is 4.08. The van der Waals surface area contributed by atoms with Crippen LogP contribution in [0.2, 0.25) is 0 Å². The van der Waals surface area contributed by atoms with Crippen LogP contribution in [0.15, 0.2) is 12.2 Å². The van der Waals surface area contributed by atoms with Crippen LogP contribution in [0.3, 0.4) is 0 Å². The largest absolute Gasteiger partial charge is 0.394 e. The lowest BCUT2D eigenvalue weighted by atomic mass is 10.1. The van der Waals surface area contributed by atoms with E-state index < -0.39 is 5.79 Å². The molecule has 0 aromatic heterocycles. The van der Waals surface area contributed by atoms with E-state index in [4.69, 9.17) is 14.6 Å². The highest BCUT2D eigenvalue weighted by Crippen LogP contribution is 2.30. The predicted molar refractivity (Wildman–Crippen MR) is 53.8 cm³/mol. The average molecular weight is 204 g/mol. The lowest BCUT2D eigenvalue weighted by molar-refractivity contribution is -0.126. The molecule has 0 aromatic carbocycles. The van der Waals surface area contributed by atoms with Gasteiger partial charge in [-0.3, -0.25) is 0 Å². The first kappa shape index (κ1) is 11.0. The Balaban J connectivity index is 2.53. The third-order valence-electron chi connectivity index (χ3n) is 2.10. The quantitative estimate of drug-likeness (QED) is 0.694. The fourth-order valence-corrected chi connectivity index (χ4v) is 1.83. The topological polar surface area (TPSA) is 38.7 Å². The van der Waals surface area contributed by atoms with Crippen molar-refractivity contribution in [1.29, 1.82) is 0 Å². The van der Waals surface area contributed by atoms with Crippen LogP contribution in [0.4, 0.5) is 0 Å². The van der Waals surface area contributed by atoms with Crippen molar-refractivity contribution >= 4 is 11.8 Å². The molecule has 1 N–H and O–H groups in total. The van der Waals surface area contributed by atoms with E-state index in [2.05, 4.69) is 6.58 Å². The molecule has 2 atom stereocenters. The van der Waals surface area contributed by atoms with Crippen LogP contribution in [0.1, 0.15) is 6.92 Å². The number of hydrogen-bond acceptors (Lipinski definition) is 4. The fraction of sp³-hybridized carbons (Fsp3) is 0.778. The fourth-order valence-electron chi connectivity index (χ4n) is 1.22. The van der Waals surface area contributed by atoms with Crippen molar-refractivity contribution in [3.63, 3.8) is 0 Å². The van der Waals surface area contributed by atoms with E-state index in [1.807, 2.05) is 13.2 Å². The minimum atomic E-state index is -0.698. The molecule has 1 rings (SSSR count). The van der Waals surface area contributed by atoms with Crippen LogP contribution >= 0.6 is 11.8 Å². The Hall–Kier alpha value is -0.0300. The van der Waals surface area contributed by atoms with Gasteiger partial charge < -0.3 is 14.6 Å². The first-order valence-corrected chi connectivity index (χ1v) is 5.61. The van der Waals surface area contributed by atoms with Crippen molar-refractivity contribution in [2.75, 3.05) is 25.2 Å². The summed E-state index contributed by atoms with van der Waals surface area (Å²) in [5.41, 5.74) is 0.913. The predicted octanol–water partition coefficient (Wildman–Crippen LogP) is 1.03. The molecular weight excluding hydrogens is 188 g/mol. The molecule has 0 bridgehead atoms. The number of aliphatic hydroxyl groups is 1. The smallest absolute Gasteiger partial charge is 0.189 e. The molecule has 0 aromatic rings. The summed E-state index contributed by atoms with van der Waals surface area (Å²) in [5.74, 6) is 0.116. The first-order valence-electron chi connectivity index (χ1n) is 4.22. The maximum atomic E-state index is 8.87. The standard InChI is InChI=1S/C9H16O3S/c1-7(6-13-3)9(2)11-5-8(4-10)12-9/h8,10H,1,4-6H2,2-3H3. The summed E-state index contributed by atoms with van der Waals surface area (Å²) in [4.78, 5) is 0. The summed E-state index contributed by atoms with van der Waals surface area (Å²) in [5, 5.41) is 8.87. The van der Waals surface area contributed by atoms with Gasteiger partial charge in [-0.15, -0.1) is 0 Å². The van der Waals surface area contributed by atoms with Gasteiger partial charge in [0.15, 0.2) is 5.79 Å². The van der Waals surface area contributed by atoms with E-state index in [1.165, 1.54) is 0 Å². The van der Waals surface area contributed by atoms with Gasteiger partial charge in [0.1, 0.15) is 6.10 Å². The number of aliphatic hydroxyl groups excluding tert-OH is 1. The molecule has 76 valence electrons. The monoisotopic (exact) mass is 204 g/mol. The van der Waals surface area contributed by atoms with Gasteiger partial charge in [0.05, 0.1) is 13.2 Å². The highest BCUT2D eigenvalue weighted by molar-refractivity contribution is 7.98. The number of ether oxygens (including phenoxy) is 2. The maximum absolute atomic E-state index is 8.87. The second-order valence-electron chi connectivity index (χ2n) is 3.22. The van der Waals surface area contributed by atoms with Crippen LogP contribution in [0.5, 0.6) is 0 Å². The van der Waals surface area contributed by atoms with Gasteiger partial charge in [-0.25, -0.2) is 0 Å². The third kappa shape index (κ3) is 2.47. The van der Waals surface area contributed by atoms with Crippen molar-refractivity contribution in [2.24, 2.45) is 0 Å². The molecule has 1 saturated heterocycles. The van der Waals surface area contributed by atoms with Crippen molar-refractivity contribution in [1.82, 2.24) is 0 Å². The molecule has 0 saturated carbocycles. The third-order valence-corrected chi connectivity index (χ3v) is 2.74. The number of thioether (sulfide) groups is 1.